The van der Waals surface area contributed by atoms with Crippen LogP contribution in [-0.2, 0) is 15.6 Å². The van der Waals surface area contributed by atoms with Crippen LogP contribution in [-0.4, -0.2) is 19.6 Å². The fourth-order valence-corrected chi connectivity index (χ4v) is 7.20. The molecule has 3 aromatic rings. The van der Waals surface area contributed by atoms with Crippen LogP contribution in [0, 0.1) is 0 Å². The first-order chi connectivity index (χ1) is 13.9. The normalized spacial score (nSPS) is 15.5. The molecule has 0 aliphatic heterocycles. The molecule has 29 heavy (non-hydrogen) atoms. The number of carbonyl (C=O) groups excluding carboxylic acids is 1. The van der Waals surface area contributed by atoms with Crippen molar-refractivity contribution in [1.82, 2.24) is 0 Å². The van der Waals surface area contributed by atoms with Gasteiger partial charge in [0.25, 0.3) is 5.91 Å². The molecule has 4 rings (SSSR count). The Morgan fingerprint density at radius 2 is 1.83 bits per heavy atom. The maximum absolute atomic E-state index is 12.8. The van der Waals surface area contributed by atoms with Gasteiger partial charge in [0.15, 0.2) is 9.84 Å². The van der Waals surface area contributed by atoms with E-state index in [-0.39, 0.29) is 16.9 Å². The Kier molecular flexibility index (Phi) is 5.95. The smallest absolute Gasteiger partial charge is 0.267 e. The number of benzene rings is 2. The van der Waals surface area contributed by atoms with E-state index in [4.69, 9.17) is 11.6 Å². The van der Waals surface area contributed by atoms with Gasteiger partial charge in [-0.05, 0) is 36.6 Å². The van der Waals surface area contributed by atoms with Crippen LogP contribution < -0.4 is 5.32 Å². The van der Waals surface area contributed by atoms with E-state index < -0.39 is 9.84 Å². The monoisotopic (exact) mass is 447 g/mol. The molecular weight excluding hydrogens is 426 g/mol. The summed E-state index contributed by atoms with van der Waals surface area (Å²) < 4.78 is 26.5. The lowest BCUT2D eigenvalue weighted by atomic mass is 10.0. The Morgan fingerprint density at radius 3 is 2.59 bits per heavy atom. The number of hydrogen-bond donors (Lipinski definition) is 1. The number of amides is 1. The van der Waals surface area contributed by atoms with Crippen LogP contribution in [0.5, 0.6) is 0 Å². The highest BCUT2D eigenvalue weighted by molar-refractivity contribution is 7.91. The van der Waals surface area contributed by atoms with E-state index in [9.17, 15) is 13.2 Å². The third-order valence-corrected chi connectivity index (χ3v) is 9.25. The number of anilines is 1. The summed E-state index contributed by atoms with van der Waals surface area (Å²) in [5.41, 5.74) is 1.26. The van der Waals surface area contributed by atoms with E-state index in [1.807, 2.05) is 24.3 Å². The minimum Gasteiger partial charge on any atom is -0.321 e. The quantitative estimate of drug-likeness (QED) is 0.517. The molecule has 0 spiro atoms. The molecule has 1 fully saturated rings. The number of nitrogens with one attached hydrogen (secondary N) is 1. The average molecular weight is 448 g/mol. The fourth-order valence-electron chi connectivity index (χ4n) is 3.86. The molecule has 0 unspecified atom stereocenters. The molecule has 4 nitrogen and oxygen atoms in total. The zero-order valence-electron chi connectivity index (χ0n) is 15.9. The molecule has 2 aromatic carbocycles. The van der Waals surface area contributed by atoms with Gasteiger partial charge < -0.3 is 5.32 Å². The zero-order valence-corrected chi connectivity index (χ0v) is 18.2. The zero-order chi connectivity index (χ0) is 20.4. The first-order valence-electron chi connectivity index (χ1n) is 9.73. The minimum absolute atomic E-state index is 0.00498. The van der Waals surface area contributed by atoms with Gasteiger partial charge in [0, 0.05) is 15.8 Å². The molecule has 0 radical (unpaired) electrons. The number of rotatable bonds is 5. The number of halogens is 1. The maximum Gasteiger partial charge on any atom is 0.267 e. The number of fused-ring (bicyclic) bond motifs is 1. The lowest BCUT2D eigenvalue weighted by Crippen LogP contribution is -2.25. The standard InChI is InChI=1S/C22H22ClNO3S2/c23-20-18-11-4-5-12-19(18)28-21(20)22(25)24-16-8-6-7-15(13-16)14-29(26,27)17-9-2-1-3-10-17/h4-8,11-13,17H,1-3,9-10,14H2,(H,24,25). The molecule has 0 saturated heterocycles. The summed E-state index contributed by atoms with van der Waals surface area (Å²) in [5.74, 6) is -0.283. The summed E-state index contributed by atoms with van der Waals surface area (Å²) in [7, 11) is -3.19. The molecule has 0 atom stereocenters. The van der Waals surface area contributed by atoms with Crippen LogP contribution in [0.15, 0.2) is 48.5 Å². The summed E-state index contributed by atoms with van der Waals surface area (Å²) in [5, 5.41) is 3.92. The van der Waals surface area contributed by atoms with Gasteiger partial charge in [-0.15, -0.1) is 11.3 Å². The Labute approximate surface area is 179 Å². The van der Waals surface area contributed by atoms with Crippen LogP contribution >= 0.6 is 22.9 Å². The van der Waals surface area contributed by atoms with Crippen LogP contribution in [0.25, 0.3) is 10.1 Å². The van der Waals surface area contributed by atoms with Crippen LogP contribution in [0.4, 0.5) is 5.69 Å². The van der Waals surface area contributed by atoms with Crippen LogP contribution in [0.1, 0.15) is 47.3 Å². The lowest BCUT2D eigenvalue weighted by Gasteiger charge is -2.21. The number of carbonyl (C=O) groups is 1. The van der Waals surface area contributed by atoms with Gasteiger partial charge in [0.1, 0.15) is 4.88 Å². The summed E-state index contributed by atoms with van der Waals surface area (Å²) in [4.78, 5) is 13.2. The second-order valence-electron chi connectivity index (χ2n) is 7.46. The largest absolute Gasteiger partial charge is 0.321 e. The molecule has 1 heterocycles. The van der Waals surface area contributed by atoms with Gasteiger partial charge in [0.05, 0.1) is 16.0 Å². The summed E-state index contributed by atoms with van der Waals surface area (Å²) in [6.45, 7) is 0. The van der Waals surface area contributed by atoms with Crippen molar-refractivity contribution < 1.29 is 13.2 Å². The highest BCUT2D eigenvalue weighted by Gasteiger charge is 2.27. The molecule has 1 N–H and O–H groups in total. The van der Waals surface area contributed by atoms with Gasteiger partial charge in [-0.3, -0.25) is 4.79 Å². The topological polar surface area (TPSA) is 63.2 Å². The van der Waals surface area contributed by atoms with Crippen molar-refractivity contribution in [3.05, 3.63) is 64.0 Å². The van der Waals surface area contributed by atoms with Gasteiger partial charge in [-0.1, -0.05) is 61.2 Å². The van der Waals surface area contributed by atoms with Crippen molar-refractivity contribution >= 4 is 54.5 Å². The van der Waals surface area contributed by atoms with E-state index in [1.165, 1.54) is 11.3 Å². The molecule has 0 bridgehead atoms. The van der Waals surface area contributed by atoms with Gasteiger partial charge in [-0.25, -0.2) is 8.42 Å². The molecule has 7 heteroatoms. The lowest BCUT2D eigenvalue weighted by molar-refractivity contribution is 0.103. The fraction of sp³-hybridized carbons (Fsp3) is 0.318. The molecule has 1 aromatic heterocycles. The van der Waals surface area contributed by atoms with Gasteiger partial charge in [-0.2, -0.15) is 0 Å². The Morgan fingerprint density at radius 1 is 1.07 bits per heavy atom. The third kappa shape index (κ3) is 4.49. The van der Waals surface area contributed by atoms with Gasteiger partial charge >= 0.3 is 0 Å². The van der Waals surface area contributed by atoms with E-state index in [0.29, 0.717) is 21.2 Å². The van der Waals surface area contributed by atoms with Gasteiger partial charge in [0.2, 0.25) is 0 Å². The predicted molar refractivity (Wildman–Crippen MR) is 121 cm³/mol. The van der Waals surface area contributed by atoms with E-state index >= 15 is 0 Å². The Bertz CT molecular complexity index is 1150. The Balaban J connectivity index is 1.51. The van der Waals surface area contributed by atoms with Crippen LogP contribution in [0.2, 0.25) is 5.02 Å². The molecular formula is C22H22ClNO3S2. The van der Waals surface area contributed by atoms with Crippen molar-refractivity contribution in [3.63, 3.8) is 0 Å². The molecule has 1 saturated carbocycles. The van der Waals surface area contributed by atoms with E-state index in [1.54, 1.807) is 24.3 Å². The maximum atomic E-state index is 12.8. The molecule has 1 amide bonds. The first kappa shape index (κ1) is 20.4. The summed E-state index contributed by atoms with van der Waals surface area (Å²) in [6.07, 6.45) is 4.59. The number of hydrogen-bond acceptors (Lipinski definition) is 4. The second kappa shape index (κ2) is 8.46. The highest BCUT2D eigenvalue weighted by atomic mass is 35.5. The van der Waals surface area contributed by atoms with Crippen LogP contribution in [0.3, 0.4) is 0 Å². The molecule has 1 aliphatic rings. The van der Waals surface area contributed by atoms with Crippen molar-refractivity contribution in [1.29, 1.82) is 0 Å². The average Bonchev–Trinajstić information content (AvgIpc) is 3.06. The third-order valence-electron chi connectivity index (χ3n) is 5.35. The summed E-state index contributed by atoms with van der Waals surface area (Å²) in [6, 6.07) is 14.7. The Hall–Kier alpha value is -1.89. The predicted octanol–water partition coefficient (Wildman–Crippen LogP) is 6.05. The SMILES string of the molecule is O=C(Nc1cccc(CS(=O)(=O)C2CCCCC2)c1)c1sc2ccccc2c1Cl. The second-order valence-corrected chi connectivity index (χ2v) is 11.2. The van der Waals surface area contributed by atoms with Crippen molar-refractivity contribution in [2.75, 3.05) is 5.32 Å². The van der Waals surface area contributed by atoms with Crippen molar-refractivity contribution in [2.24, 2.45) is 0 Å². The minimum atomic E-state index is -3.19. The van der Waals surface area contributed by atoms with Crippen molar-refractivity contribution in [3.8, 4) is 0 Å². The van der Waals surface area contributed by atoms with Crippen molar-refractivity contribution in [2.45, 2.75) is 43.1 Å². The first-order valence-corrected chi connectivity index (χ1v) is 12.6. The van der Waals surface area contributed by atoms with E-state index in [0.717, 1.165) is 42.2 Å². The molecule has 152 valence electrons. The highest BCUT2D eigenvalue weighted by Crippen LogP contribution is 2.35. The summed E-state index contributed by atoms with van der Waals surface area (Å²) >= 11 is 7.74. The molecule has 1 aliphatic carbocycles. The number of sulfone groups is 1. The van der Waals surface area contributed by atoms with E-state index in [2.05, 4.69) is 5.32 Å². The number of thiophene rings is 1.